The van der Waals surface area contributed by atoms with E-state index < -0.39 is 25.1 Å². The van der Waals surface area contributed by atoms with Crippen LogP contribution in [0.25, 0.3) is 0 Å². The molecular weight excluding hydrogens is 308 g/mol. The summed E-state index contributed by atoms with van der Waals surface area (Å²) in [4.78, 5) is 2.03. The molecule has 0 aliphatic rings. The van der Waals surface area contributed by atoms with Crippen molar-refractivity contribution in [2.24, 2.45) is 0 Å². The monoisotopic (exact) mass is 321 g/mol. The van der Waals surface area contributed by atoms with Crippen molar-refractivity contribution in [3.05, 3.63) is 21.9 Å². The van der Waals surface area contributed by atoms with Crippen molar-refractivity contribution < 1.29 is 31.1 Å². The first-order valence-electron chi connectivity index (χ1n) is 5.62. The lowest BCUT2D eigenvalue weighted by Crippen LogP contribution is -2.45. The van der Waals surface area contributed by atoms with Crippen molar-refractivity contribution in [1.29, 1.82) is 0 Å². The Bertz CT molecular complexity index is 400. The van der Waals surface area contributed by atoms with Crippen molar-refractivity contribution in [2.75, 3.05) is 13.2 Å². The number of hydrogen-bond acceptors (Lipinski definition) is 3. The molecule has 0 unspecified atom stereocenters. The molecule has 1 heterocycles. The van der Waals surface area contributed by atoms with E-state index in [9.17, 15) is 26.3 Å². The van der Waals surface area contributed by atoms with Crippen LogP contribution in [0.3, 0.4) is 0 Å². The predicted molar refractivity (Wildman–Crippen MR) is 62.6 cm³/mol. The summed E-state index contributed by atoms with van der Waals surface area (Å²) >= 11 is 1.50. The molecule has 0 aromatic carbocycles. The molecule has 1 rings (SSSR count). The largest absolute Gasteiger partial charge is 0.423 e. The minimum Gasteiger partial charge on any atom is -0.360 e. The molecule has 0 spiro atoms. The molecule has 0 bridgehead atoms. The molecule has 0 saturated heterocycles. The third-order valence-electron chi connectivity index (χ3n) is 2.25. The zero-order valence-electron chi connectivity index (χ0n) is 10.4. The molecule has 20 heavy (non-hydrogen) atoms. The maximum Gasteiger partial charge on any atom is 0.423 e. The van der Waals surface area contributed by atoms with Gasteiger partial charge in [-0.1, -0.05) is 0 Å². The molecule has 1 aromatic heterocycles. The number of rotatable bonds is 6. The maximum atomic E-state index is 12.1. The molecule has 0 aliphatic carbocycles. The Labute approximate surface area is 115 Å². The Kier molecular flexibility index (Phi) is 5.84. The fourth-order valence-corrected chi connectivity index (χ4v) is 2.28. The van der Waals surface area contributed by atoms with Crippen molar-refractivity contribution in [2.45, 2.75) is 31.9 Å². The van der Waals surface area contributed by atoms with Crippen LogP contribution >= 0.6 is 11.3 Å². The van der Waals surface area contributed by atoms with Crippen molar-refractivity contribution in [1.82, 2.24) is 5.32 Å². The van der Waals surface area contributed by atoms with E-state index in [1.165, 1.54) is 11.3 Å². The SMILES string of the molecule is Cc1ccc(CNCCOC(C(F)(F)F)C(F)(F)F)s1. The molecule has 9 heteroatoms. The molecule has 2 nitrogen and oxygen atoms in total. The van der Waals surface area contributed by atoms with Crippen LogP contribution in [0.15, 0.2) is 12.1 Å². The molecule has 0 fully saturated rings. The molecule has 1 N–H and O–H groups in total. The first-order chi connectivity index (χ1) is 9.10. The smallest absolute Gasteiger partial charge is 0.360 e. The minimum absolute atomic E-state index is 0.0976. The Balaban J connectivity index is 2.31. The zero-order chi connectivity index (χ0) is 15.4. The third kappa shape index (κ3) is 5.68. The summed E-state index contributed by atoms with van der Waals surface area (Å²) in [7, 11) is 0. The predicted octanol–water partition coefficient (Wildman–Crippen LogP) is 3.66. The number of aryl methyl sites for hydroxylation is 1. The van der Waals surface area contributed by atoms with E-state index >= 15 is 0 Å². The van der Waals surface area contributed by atoms with Gasteiger partial charge in [-0.25, -0.2) is 0 Å². The molecule has 0 saturated carbocycles. The summed E-state index contributed by atoms with van der Waals surface area (Å²) in [5.74, 6) is 0. The summed E-state index contributed by atoms with van der Waals surface area (Å²) in [6.45, 7) is 1.51. The second-order valence-corrected chi connectivity index (χ2v) is 5.40. The summed E-state index contributed by atoms with van der Waals surface area (Å²) in [5, 5.41) is 2.72. The van der Waals surface area contributed by atoms with Crippen molar-refractivity contribution >= 4 is 11.3 Å². The summed E-state index contributed by atoms with van der Waals surface area (Å²) in [6, 6.07) is 3.71. The topological polar surface area (TPSA) is 21.3 Å². The van der Waals surface area contributed by atoms with Crippen LogP contribution in [0, 0.1) is 6.92 Å². The minimum atomic E-state index is -5.46. The van der Waals surface area contributed by atoms with Crippen LogP contribution in [0.5, 0.6) is 0 Å². The van der Waals surface area contributed by atoms with E-state index in [-0.39, 0.29) is 6.54 Å². The lowest BCUT2D eigenvalue weighted by molar-refractivity contribution is -0.321. The van der Waals surface area contributed by atoms with Crippen LogP contribution in [0.2, 0.25) is 0 Å². The second-order valence-electron chi connectivity index (χ2n) is 4.02. The number of thiophene rings is 1. The number of hydrogen-bond donors (Lipinski definition) is 1. The Morgan fingerprint density at radius 1 is 1.15 bits per heavy atom. The van der Waals surface area contributed by atoms with E-state index in [1.807, 2.05) is 19.1 Å². The Hall–Kier alpha value is -0.800. The molecule has 0 amide bonds. The molecule has 0 aliphatic heterocycles. The van der Waals surface area contributed by atoms with E-state index in [0.29, 0.717) is 6.54 Å². The quantitative estimate of drug-likeness (QED) is 0.638. The standard InChI is InChI=1S/C11H13F6NOS/c1-7-2-3-8(20-7)6-18-4-5-19-9(10(12,13)14)11(15,16)17/h2-3,9,18H,4-6H2,1H3. The summed E-state index contributed by atoms with van der Waals surface area (Å²) in [5.41, 5.74) is 0. The average molecular weight is 321 g/mol. The number of ether oxygens (including phenoxy) is 1. The van der Waals surface area contributed by atoms with Gasteiger partial charge in [0.25, 0.3) is 0 Å². The molecular formula is C11H13F6NOS. The highest BCUT2D eigenvalue weighted by Gasteiger charge is 2.57. The van der Waals surface area contributed by atoms with E-state index in [0.717, 1.165) is 9.75 Å². The highest BCUT2D eigenvalue weighted by molar-refractivity contribution is 7.11. The summed E-state index contributed by atoms with van der Waals surface area (Å²) in [6.07, 6.45) is -14.6. The normalized spacial score (nSPS) is 13.2. The van der Waals surface area contributed by atoms with Crippen LogP contribution in [-0.2, 0) is 11.3 Å². The van der Waals surface area contributed by atoms with Gasteiger partial charge in [-0.05, 0) is 19.1 Å². The number of nitrogens with one attached hydrogen (secondary N) is 1. The number of alkyl halides is 6. The second kappa shape index (κ2) is 6.77. The first kappa shape index (κ1) is 17.3. The van der Waals surface area contributed by atoms with Gasteiger partial charge in [0.2, 0.25) is 6.10 Å². The van der Waals surface area contributed by atoms with Crippen LogP contribution < -0.4 is 5.32 Å². The lowest BCUT2D eigenvalue weighted by Gasteiger charge is -2.23. The maximum absolute atomic E-state index is 12.1. The van der Waals surface area contributed by atoms with Gasteiger partial charge in [0, 0.05) is 22.8 Å². The van der Waals surface area contributed by atoms with E-state index in [1.54, 1.807) is 0 Å². The van der Waals surface area contributed by atoms with Crippen LogP contribution in [0.1, 0.15) is 9.75 Å². The van der Waals surface area contributed by atoms with Gasteiger partial charge in [-0.3, -0.25) is 0 Å². The third-order valence-corrected chi connectivity index (χ3v) is 3.25. The Morgan fingerprint density at radius 2 is 1.75 bits per heavy atom. The van der Waals surface area contributed by atoms with Crippen LogP contribution in [0.4, 0.5) is 26.3 Å². The average Bonchev–Trinajstić information content (AvgIpc) is 2.65. The Morgan fingerprint density at radius 3 is 2.20 bits per heavy atom. The van der Waals surface area contributed by atoms with Gasteiger partial charge in [0.15, 0.2) is 0 Å². The van der Waals surface area contributed by atoms with Crippen LogP contribution in [-0.4, -0.2) is 31.6 Å². The van der Waals surface area contributed by atoms with E-state index in [4.69, 9.17) is 0 Å². The molecule has 1 aromatic rings. The molecule has 0 radical (unpaired) electrons. The van der Waals surface area contributed by atoms with Gasteiger partial charge in [0.05, 0.1) is 6.61 Å². The highest BCUT2D eigenvalue weighted by atomic mass is 32.1. The highest BCUT2D eigenvalue weighted by Crippen LogP contribution is 2.35. The van der Waals surface area contributed by atoms with Crippen molar-refractivity contribution in [3.63, 3.8) is 0 Å². The van der Waals surface area contributed by atoms with Gasteiger partial charge < -0.3 is 10.1 Å². The van der Waals surface area contributed by atoms with Gasteiger partial charge in [-0.2, -0.15) is 26.3 Å². The van der Waals surface area contributed by atoms with E-state index in [2.05, 4.69) is 10.1 Å². The fourth-order valence-electron chi connectivity index (χ4n) is 1.42. The first-order valence-corrected chi connectivity index (χ1v) is 6.43. The fraction of sp³-hybridized carbons (Fsp3) is 0.636. The van der Waals surface area contributed by atoms with Crippen molar-refractivity contribution in [3.8, 4) is 0 Å². The molecule has 0 atom stereocenters. The summed E-state index contributed by atoms with van der Waals surface area (Å²) < 4.78 is 76.7. The number of halogens is 6. The van der Waals surface area contributed by atoms with Gasteiger partial charge >= 0.3 is 12.4 Å². The molecule has 116 valence electrons. The zero-order valence-corrected chi connectivity index (χ0v) is 11.3. The van der Waals surface area contributed by atoms with Gasteiger partial charge in [0.1, 0.15) is 0 Å². The lowest BCUT2D eigenvalue weighted by atomic mass is 10.3. The van der Waals surface area contributed by atoms with Gasteiger partial charge in [-0.15, -0.1) is 11.3 Å².